The second-order valence-corrected chi connectivity index (χ2v) is 4.57. The van der Waals surface area contributed by atoms with Gasteiger partial charge in [0.25, 0.3) is 0 Å². The first-order chi connectivity index (χ1) is 7.27. The zero-order chi connectivity index (χ0) is 10.7. The first-order valence-electron chi connectivity index (χ1n) is 4.62. The number of rotatable bonds is 1. The van der Waals surface area contributed by atoms with Gasteiger partial charge in [-0.15, -0.1) is 0 Å². The largest absolute Gasteiger partial charge is 0.332 e. The van der Waals surface area contributed by atoms with Gasteiger partial charge in [0.15, 0.2) is 10.3 Å². The van der Waals surface area contributed by atoms with Crippen molar-refractivity contribution in [3.05, 3.63) is 30.3 Å². The maximum absolute atomic E-state index is 7.66. The minimum atomic E-state index is 0.531. The number of thiocarbonyl (C=S) groups is 1. The number of hydrogen-bond donors (Lipinski definition) is 2. The van der Waals surface area contributed by atoms with Gasteiger partial charge < -0.3 is 5.32 Å². The quantitative estimate of drug-likeness (QED) is 0.736. The molecule has 2 N–H and O–H groups in total. The number of nitrogens with one attached hydrogen (secondary N) is 2. The van der Waals surface area contributed by atoms with Crippen LogP contribution < -0.4 is 5.32 Å². The van der Waals surface area contributed by atoms with Crippen LogP contribution in [0.15, 0.2) is 30.3 Å². The van der Waals surface area contributed by atoms with Gasteiger partial charge in [-0.25, -0.2) is 0 Å². The molecule has 1 aromatic carbocycles. The van der Waals surface area contributed by atoms with E-state index in [1.165, 1.54) is 11.8 Å². The van der Waals surface area contributed by atoms with Gasteiger partial charge in [0.1, 0.15) is 0 Å². The summed E-state index contributed by atoms with van der Waals surface area (Å²) < 4.78 is 0. The molecule has 2 rings (SSSR count). The molecule has 0 saturated carbocycles. The molecule has 1 saturated heterocycles. The molecule has 0 spiro atoms. The third kappa shape index (κ3) is 2.49. The van der Waals surface area contributed by atoms with E-state index in [-0.39, 0.29) is 0 Å². The molecule has 0 amide bonds. The van der Waals surface area contributed by atoms with Crippen LogP contribution in [-0.4, -0.2) is 27.5 Å². The van der Waals surface area contributed by atoms with Crippen LogP contribution in [0.4, 0.5) is 5.69 Å². The van der Waals surface area contributed by atoms with Crippen LogP contribution in [0.1, 0.15) is 0 Å². The predicted molar refractivity (Wildman–Crippen MR) is 69.6 cm³/mol. The lowest BCUT2D eigenvalue weighted by atomic mass is 10.3. The van der Waals surface area contributed by atoms with Crippen molar-refractivity contribution < 1.29 is 0 Å². The fraction of sp³-hybridized carbons (Fsp3) is 0.200. The first kappa shape index (κ1) is 10.4. The van der Waals surface area contributed by atoms with Gasteiger partial charge in [-0.1, -0.05) is 30.0 Å². The Kier molecular flexibility index (Phi) is 3.23. The van der Waals surface area contributed by atoms with E-state index in [9.17, 15) is 0 Å². The van der Waals surface area contributed by atoms with Crippen molar-refractivity contribution in [2.75, 3.05) is 17.6 Å². The van der Waals surface area contributed by atoms with E-state index in [1.807, 2.05) is 35.2 Å². The number of amidine groups is 1. The van der Waals surface area contributed by atoms with E-state index in [1.54, 1.807) is 0 Å². The molecule has 1 fully saturated rings. The molecule has 1 aliphatic rings. The van der Waals surface area contributed by atoms with Crippen molar-refractivity contribution in [1.29, 1.82) is 5.41 Å². The van der Waals surface area contributed by atoms with Crippen molar-refractivity contribution in [2.24, 2.45) is 0 Å². The number of benzene rings is 1. The molecule has 0 atom stereocenters. The summed E-state index contributed by atoms with van der Waals surface area (Å²) in [6.07, 6.45) is 0. The third-order valence-corrected chi connectivity index (χ3v) is 3.27. The van der Waals surface area contributed by atoms with Crippen molar-refractivity contribution in [3.8, 4) is 0 Å². The van der Waals surface area contributed by atoms with Crippen molar-refractivity contribution in [3.63, 3.8) is 0 Å². The van der Waals surface area contributed by atoms with Crippen LogP contribution in [0, 0.1) is 5.41 Å². The fourth-order valence-corrected chi connectivity index (χ4v) is 2.48. The van der Waals surface area contributed by atoms with Crippen LogP contribution in [0.3, 0.4) is 0 Å². The Morgan fingerprint density at radius 1 is 1.40 bits per heavy atom. The highest BCUT2D eigenvalue weighted by Crippen LogP contribution is 2.17. The van der Waals surface area contributed by atoms with Crippen LogP contribution in [0.2, 0.25) is 0 Å². The fourth-order valence-electron chi connectivity index (χ4n) is 1.32. The van der Waals surface area contributed by atoms with Gasteiger partial charge in [0, 0.05) is 18.0 Å². The predicted octanol–water partition coefficient (Wildman–Crippen LogP) is 2.37. The van der Waals surface area contributed by atoms with E-state index in [4.69, 9.17) is 17.6 Å². The minimum absolute atomic E-state index is 0.531. The van der Waals surface area contributed by atoms with Crippen molar-refractivity contribution in [1.82, 2.24) is 4.90 Å². The van der Waals surface area contributed by atoms with E-state index in [2.05, 4.69) is 5.32 Å². The SMILES string of the molecule is N=C1SCCN1C(=S)Nc1ccccc1. The molecule has 0 unspecified atom stereocenters. The number of anilines is 1. The molecule has 0 aliphatic carbocycles. The average molecular weight is 237 g/mol. The molecule has 3 nitrogen and oxygen atoms in total. The molecule has 0 bridgehead atoms. The second kappa shape index (κ2) is 4.63. The zero-order valence-electron chi connectivity index (χ0n) is 8.06. The second-order valence-electron chi connectivity index (χ2n) is 3.10. The first-order valence-corrected chi connectivity index (χ1v) is 6.01. The number of thioether (sulfide) groups is 1. The van der Waals surface area contributed by atoms with Crippen LogP contribution in [-0.2, 0) is 0 Å². The van der Waals surface area contributed by atoms with E-state index in [0.717, 1.165) is 18.0 Å². The Hall–Kier alpha value is -1.07. The number of hydrogen-bond acceptors (Lipinski definition) is 3. The summed E-state index contributed by atoms with van der Waals surface area (Å²) in [5.74, 6) is 0.940. The van der Waals surface area contributed by atoms with Crippen LogP contribution >= 0.6 is 24.0 Å². The molecule has 1 aliphatic heterocycles. The summed E-state index contributed by atoms with van der Waals surface area (Å²) in [5.41, 5.74) is 0.965. The van der Waals surface area contributed by atoms with Gasteiger partial charge >= 0.3 is 0 Å². The summed E-state index contributed by atoms with van der Waals surface area (Å²) in [6, 6.07) is 9.78. The monoisotopic (exact) mass is 237 g/mol. The zero-order valence-corrected chi connectivity index (χ0v) is 9.70. The molecule has 0 aromatic heterocycles. The van der Waals surface area contributed by atoms with Gasteiger partial charge in [0.2, 0.25) is 0 Å². The molecule has 1 heterocycles. The van der Waals surface area contributed by atoms with Gasteiger partial charge in [-0.05, 0) is 24.4 Å². The number of para-hydroxylation sites is 1. The average Bonchev–Trinajstić information content (AvgIpc) is 2.66. The topological polar surface area (TPSA) is 39.1 Å². The summed E-state index contributed by atoms with van der Waals surface area (Å²) >= 11 is 6.76. The summed E-state index contributed by atoms with van der Waals surface area (Å²) in [4.78, 5) is 1.81. The van der Waals surface area contributed by atoms with Crippen molar-refractivity contribution >= 4 is 39.9 Å². The van der Waals surface area contributed by atoms with Gasteiger partial charge in [-0.2, -0.15) is 0 Å². The Morgan fingerprint density at radius 3 is 2.73 bits per heavy atom. The molecule has 15 heavy (non-hydrogen) atoms. The molecule has 5 heteroatoms. The Bertz CT molecular complexity index is 378. The smallest absolute Gasteiger partial charge is 0.179 e. The highest BCUT2D eigenvalue weighted by Gasteiger charge is 2.21. The van der Waals surface area contributed by atoms with E-state index >= 15 is 0 Å². The molecular weight excluding hydrogens is 226 g/mol. The Labute approximate surface area is 98.4 Å². The lowest BCUT2D eigenvalue weighted by Gasteiger charge is -2.18. The van der Waals surface area contributed by atoms with Crippen molar-refractivity contribution in [2.45, 2.75) is 0 Å². The van der Waals surface area contributed by atoms with E-state index in [0.29, 0.717) is 10.3 Å². The lowest BCUT2D eigenvalue weighted by Crippen LogP contribution is -2.34. The molecular formula is C10H11N3S2. The highest BCUT2D eigenvalue weighted by atomic mass is 32.2. The Morgan fingerprint density at radius 2 is 2.13 bits per heavy atom. The maximum Gasteiger partial charge on any atom is 0.179 e. The molecule has 1 aromatic rings. The third-order valence-electron chi connectivity index (χ3n) is 2.07. The Balaban J connectivity index is 2.01. The van der Waals surface area contributed by atoms with Crippen LogP contribution in [0.25, 0.3) is 0 Å². The summed E-state index contributed by atoms with van der Waals surface area (Å²) in [7, 11) is 0. The number of nitrogens with zero attached hydrogens (tertiary/aromatic N) is 1. The minimum Gasteiger partial charge on any atom is -0.332 e. The normalized spacial score (nSPS) is 15.5. The standard InChI is InChI=1S/C10H11N3S2/c11-9-13(6-7-15-9)10(14)12-8-4-2-1-3-5-8/h1-5,11H,6-7H2,(H,12,14). The van der Waals surface area contributed by atoms with E-state index < -0.39 is 0 Å². The van der Waals surface area contributed by atoms with Gasteiger partial charge in [-0.3, -0.25) is 10.3 Å². The van der Waals surface area contributed by atoms with Gasteiger partial charge in [0.05, 0.1) is 0 Å². The van der Waals surface area contributed by atoms with Crippen LogP contribution in [0.5, 0.6) is 0 Å². The summed E-state index contributed by atoms with van der Waals surface area (Å²) in [6.45, 7) is 0.822. The molecule has 78 valence electrons. The molecule has 0 radical (unpaired) electrons. The summed E-state index contributed by atoms with van der Waals surface area (Å²) in [5, 5.41) is 11.9. The maximum atomic E-state index is 7.66. The highest BCUT2D eigenvalue weighted by molar-refractivity contribution is 8.14. The lowest BCUT2D eigenvalue weighted by molar-refractivity contribution is 0.683.